The quantitative estimate of drug-likeness (QED) is 0.776. The van der Waals surface area contributed by atoms with Crippen LogP contribution in [0.25, 0.3) is 0 Å². The van der Waals surface area contributed by atoms with Crippen molar-refractivity contribution in [1.29, 1.82) is 0 Å². The van der Waals surface area contributed by atoms with Crippen molar-refractivity contribution in [3.63, 3.8) is 0 Å². The number of anilines is 1. The van der Waals surface area contributed by atoms with Crippen molar-refractivity contribution in [2.75, 3.05) is 38.1 Å². The van der Waals surface area contributed by atoms with E-state index in [0.717, 1.165) is 45.4 Å². The molecule has 110 valence electrons. The average molecular weight is 275 g/mol. The fraction of sp³-hybridized carbons (Fsp3) is 0.562. The highest BCUT2D eigenvalue weighted by molar-refractivity contribution is 5.78. The third-order valence-corrected chi connectivity index (χ3v) is 3.88. The van der Waals surface area contributed by atoms with Gasteiger partial charge in [0.05, 0.1) is 0 Å². The lowest BCUT2D eigenvalue weighted by molar-refractivity contribution is -0.125. The van der Waals surface area contributed by atoms with Gasteiger partial charge in [-0.1, -0.05) is 18.2 Å². The van der Waals surface area contributed by atoms with Gasteiger partial charge in [-0.15, -0.1) is 0 Å². The van der Waals surface area contributed by atoms with E-state index in [-0.39, 0.29) is 11.8 Å². The van der Waals surface area contributed by atoms with Crippen LogP contribution in [0.1, 0.15) is 19.3 Å². The predicted molar refractivity (Wildman–Crippen MR) is 82.9 cm³/mol. The molecule has 0 atom stereocenters. The molecule has 1 aliphatic rings. The molecule has 2 rings (SSSR count). The van der Waals surface area contributed by atoms with Crippen LogP contribution in [-0.2, 0) is 4.79 Å². The second-order valence-corrected chi connectivity index (χ2v) is 5.43. The van der Waals surface area contributed by atoms with E-state index >= 15 is 0 Å². The van der Waals surface area contributed by atoms with Crippen LogP contribution in [-0.4, -0.2) is 39.1 Å². The molecule has 0 saturated carbocycles. The zero-order valence-corrected chi connectivity index (χ0v) is 12.3. The summed E-state index contributed by atoms with van der Waals surface area (Å²) in [5.74, 6) is 0.442. The van der Waals surface area contributed by atoms with Crippen LogP contribution in [0.3, 0.4) is 0 Å². The highest BCUT2D eigenvalue weighted by atomic mass is 16.1. The molecule has 1 aliphatic heterocycles. The van der Waals surface area contributed by atoms with Crippen LogP contribution >= 0.6 is 0 Å². The summed E-state index contributed by atoms with van der Waals surface area (Å²) in [6, 6.07) is 10.3. The Kier molecular flexibility index (Phi) is 5.87. The van der Waals surface area contributed by atoms with Crippen molar-refractivity contribution in [2.24, 2.45) is 5.92 Å². The fourth-order valence-corrected chi connectivity index (χ4v) is 2.57. The smallest absolute Gasteiger partial charge is 0.223 e. The standard InChI is InChI=1S/C16H25N3O/c1-19(15-6-3-2-4-7-15)13-5-10-18-16(20)14-8-11-17-12-9-14/h2-4,6-7,14,17H,5,8-13H2,1H3,(H,18,20). The normalized spacial score (nSPS) is 15.8. The Bertz CT molecular complexity index is 401. The van der Waals surface area contributed by atoms with Gasteiger partial charge in [0.15, 0.2) is 0 Å². The van der Waals surface area contributed by atoms with Crippen molar-refractivity contribution in [3.8, 4) is 0 Å². The van der Waals surface area contributed by atoms with Crippen LogP contribution < -0.4 is 15.5 Å². The van der Waals surface area contributed by atoms with Crippen molar-refractivity contribution in [3.05, 3.63) is 30.3 Å². The molecular weight excluding hydrogens is 250 g/mol. The molecule has 1 aromatic rings. The number of hydrogen-bond acceptors (Lipinski definition) is 3. The number of nitrogens with one attached hydrogen (secondary N) is 2. The summed E-state index contributed by atoms with van der Waals surface area (Å²) in [5, 5.41) is 6.35. The summed E-state index contributed by atoms with van der Waals surface area (Å²) in [6.07, 6.45) is 2.91. The second-order valence-electron chi connectivity index (χ2n) is 5.43. The second kappa shape index (κ2) is 7.90. The van der Waals surface area contributed by atoms with E-state index in [9.17, 15) is 4.79 Å². The number of rotatable bonds is 6. The van der Waals surface area contributed by atoms with E-state index in [1.54, 1.807) is 0 Å². The van der Waals surface area contributed by atoms with Crippen molar-refractivity contribution in [1.82, 2.24) is 10.6 Å². The summed E-state index contributed by atoms with van der Waals surface area (Å²) < 4.78 is 0. The molecule has 0 bridgehead atoms. The third kappa shape index (κ3) is 4.53. The lowest BCUT2D eigenvalue weighted by Gasteiger charge is -2.22. The number of amides is 1. The number of benzene rings is 1. The molecule has 20 heavy (non-hydrogen) atoms. The monoisotopic (exact) mass is 275 g/mol. The Morgan fingerprint density at radius 2 is 2.00 bits per heavy atom. The number of hydrogen-bond donors (Lipinski definition) is 2. The van der Waals surface area contributed by atoms with E-state index in [2.05, 4.69) is 34.7 Å². The van der Waals surface area contributed by atoms with Gasteiger partial charge in [-0.05, 0) is 44.5 Å². The molecule has 4 heteroatoms. The number of carbonyl (C=O) groups excluding carboxylic acids is 1. The third-order valence-electron chi connectivity index (χ3n) is 3.88. The number of para-hydroxylation sites is 1. The SMILES string of the molecule is CN(CCCNC(=O)C1CCNCC1)c1ccccc1. The molecule has 1 amide bonds. The maximum atomic E-state index is 12.0. The van der Waals surface area contributed by atoms with E-state index in [4.69, 9.17) is 0 Å². The largest absolute Gasteiger partial charge is 0.375 e. The van der Waals surface area contributed by atoms with Gasteiger partial charge >= 0.3 is 0 Å². The minimum Gasteiger partial charge on any atom is -0.375 e. The molecule has 1 heterocycles. The molecule has 0 radical (unpaired) electrons. The number of carbonyl (C=O) groups is 1. The topological polar surface area (TPSA) is 44.4 Å². The number of nitrogens with zero attached hydrogens (tertiary/aromatic N) is 1. The molecule has 0 unspecified atom stereocenters. The van der Waals surface area contributed by atoms with Crippen molar-refractivity contribution < 1.29 is 4.79 Å². The Balaban J connectivity index is 1.62. The molecule has 0 aromatic heterocycles. The Morgan fingerprint density at radius 3 is 2.70 bits per heavy atom. The molecular formula is C16H25N3O. The molecule has 1 aromatic carbocycles. The maximum absolute atomic E-state index is 12.0. The van der Waals surface area contributed by atoms with Gasteiger partial charge in [0.1, 0.15) is 0 Å². The van der Waals surface area contributed by atoms with Gasteiger partial charge < -0.3 is 15.5 Å². The lowest BCUT2D eigenvalue weighted by atomic mass is 9.97. The van der Waals surface area contributed by atoms with Gasteiger partial charge in [-0.2, -0.15) is 0 Å². The van der Waals surface area contributed by atoms with Gasteiger partial charge in [0, 0.05) is 31.7 Å². The Labute approximate surface area is 121 Å². The molecule has 1 fully saturated rings. The first-order valence-electron chi connectivity index (χ1n) is 7.52. The molecule has 2 N–H and O–H groups in total. The lowest BCUT2D eigenvalue weighted by Crippen LogP contribution is -2.39. The van der Waals surface area contributed by atoms with Crippen LogP contribution in [0.5, 0.6) is 0 Å². The van der Waals surface area contributed by atoms with Gasteiger partial charge in [0.25, 0.3) is 0 Å². The summed E-state index contributed by atoms with van der Waals surface area (Å²) in [7, 11) is 2.09. The van der Waals surface area contributed by atoms with Crippen LogP contribution in [0, 0.1) is 5.92 Å². The van der Waals surface area contributed by atoms with E-state index in [0.29, 0.717) is 0 Å². The highest BCUT2D eigenvalue weighted by Gasteiger charge is 2.20. The average Bonchev–Trinajstić information content (AvgIpc) is 2.53. The van der Waals surface area contributed by atoms with Crippen LogP contribution in [0.2, 0.25) is 0 Å². The van der Waals surface area contributed by atoms with Gasteiger partial charge in [-0.25, -0.2) is 0 Å². The van der Waals surface area contributed by atoms with E-state index in [1.807, 2.05) is 18.2 Å². The summed E-state index contributed by atoms with van der Waals surface area (Å²) in [4.78, 5) is 14.2. The predicted octanol–water partition coefficient (Wildman–Crippen LogP) is 1.63. The van der Waals surface area contributed by atoms with Crippen LogP contribution in [0.15, 0.2) is 30.3 Å². The minimum atomic E-state index is 0.211. The molecule has 1 saturated heterocycles. The first-order chi connectivity index (χ1) is 9.77. The zero-order chi connectivity index (χ0) is 14.2. The molecule has 4 nitrogen and oxygen atoms in total. The first kappa shape index (κ1) is 14.9. The summed E-state index contributed by atoms with van der Waals surface area (Å²) >= 11 is 0. The van der Waals surface area contributed by atoms with E-state index < -0.39 is 0 Å². The van der Waals surface area contributed by atoms with Crippen molar-refractivity contribution in [2.45, 2.75) is 19.3 Å². The Hall–Kier alpha value is -1.55. The van der Waals surface area contributed by atoms with Gasteiger partial charge in [-0.3, -0.25) is 4.79 Å². The van der Waals surface area contributed by atoms with Gasteiger partial charge in [0.2, 0.25) is 5.91 Å². The Morgan fingerprint density at radius 1 is 1.30 bits per heavy atom. The van der Waals surface area contributed by atoms with Crippen LogP contribution in [0.4, 0.5) is 5.69 Å². The minimum absolute atomic E-state index is 0.211. The highest BCUT2D eigenvalue weighted by Crippen LogP contribution is 2.12. The number of piperidine rings is 1. The zero-order valence-electron chi connectivity index (χ0n) is 12.3. The first-order valence-corrected chi connectivity index (χ1v) is 7.52. The molecule has 0 spiro atoms. The molecule has 0 aliphatic carbocycles. The fourth-order valence-electron chi connectivity index (χ4n) is 2.57. The van der Waals surface area contributed by atoms with Crippen molar-refractivity contribution >= 4 is 11.6 Å². The summed E-state index contributed by atoms with van der Waals surface area (Å²) in [5.41, 5.74) is 1.22. The maximum Gasteiger partial charge on any atom is 0.223 e. The summed E-state index contributed by atoms with van der Waals surface area (Å²) in [6.45, 7) is 3.65. The van der Waals surface area contributed by atoms with E-state index in [1.165, 1.54) is 5.69 Å².